The summed E-state index contributed by atoms with van der Waals surface area (Å²) in [6.07, 6.45) is -0.157. The molecule has 0 radical (unpaired) electrons. The molecule has 0 bridgehead atoms. The van der Waals surface area contributed by atoms with Gasteiger partial charge in [0.05, 0.1) is 11.2 Å². The van der Waals surface area contributed by atoms with E-state index in [4.69, 9.17) is 4.18 Å². The Balaban J connectivity index is 3.26. The van der Waals surface area contributed by atoms with Crippen molar-refractivity contribution in [3.05, 3.63) is 39.9 Å². The fraction of sp³-hybridized carbons (Fsp3) is 0.429. The zero-order valence-electron chi connectivity index (χ0n) is 12.3. The molecule has 1 atom stereocenters. The van der Waals surface area contributed by atoms with Crippen molar-refractivity contribution in [3.8, 4) is 11.8 Å². The molecule has 0 aromatic heterocycles. The third kappa shape index (κ3) is 6.38. The summed E-state index contributed by atoms with van der Waals surface area (Å²) in [5.41, 5.74) is -0.168. The van der Waals surface area contributed by atoms with Gasteiger partial charge in [0.25, 0.3) is 15.8 Å². The third-order valence-electron chi connectivity index (χ3n) is 2.23. The highest BCUT2D eigenvalue weighted by Crippen LogP contribution is 2.24. The maximum atomic E-state index is 11.3. The van der Waals surface area contributed by atoms with Crippen LogP contribution < -0.4 is 0 Å². The Labute approximate surface area is 124 Å². The van der Waals surface area contributed by atoms with E-state index in [0.717, 1.165) is 6.26 Å². The van der Waals surface area contributed by atoms with Gasteiger partial charge in [-0.1, -0.05) is 24.0 Å². The van der Waals surface area contributed by atoms with E-state index in [1.165, 1.54) is 18.2 Å². The maximum Gasteiger partial charge on any atom is 0.269 e. The van der Waals surface area contributed by atoms with E-state index < -0.39 is 21.1 Å². The van der Waals surface area contributed by atoms with Crippen LogP contribution in [0.3, 0.4) is 0 Å². The van der Waals surface area contributed by atoms with Crippen LogP contribution >= 0.6 is 0 Å². The predicted octanol–water partition coefficient (Wildman–Crippen LogP) is 2.66. The van der Waals surface area contributed by atoms with Crippen LogP contribution in [0.4, 0.5) is 5.69 Å². The molecule has 6 nitrogen and oxygen atoms in total. The van der Waals surface area contributed by atoms with Crippen LogP contribution in [-0.4, -0.2) is 19.6 Å². The van der Waals surface area contributed by atoms with Crippen molar-refractivity contribution in [1.29, 1.82) is 0 Å². The van der Waals surface area contributed by atoms with Crippen molar-refractivity contribution >= 4 is 15.8 Å². The number of benzene rings is 1. The molecule has 7 heteroatoms. The van der Waals surface area contributed by atoms with Gasteiger partial charge in [0.15, 0.2) is 6.10 Å². The fourth-order valence-electron chi connectivity index (χ4n) is 1.42. The lowest BCUT2D eigenvalue weighted by Crippen LogP contribution is -2.10. The highest BCUT2D eigenvalue weighted by Gasteiger charge is 2.19. The summed E-state index contributed by atoms with van der Waals surface area (Å²) in [5, 5.41) is 10.8. The van der Waals surface area contributed by atoms with E-state index in [2.05, 4.69) is 11.8 Å². The quantitative estimate of drug-likeness (QED) is 0.369. The smallest absolute Gasteiger partial charge is 0.258 e. The minimum absolute atomic E-state index is 0.146. The van der Waals surface area contributed by atoms with Crippen molar-refractivity contribution in [2.24, 2.45) is 5.41 Å². The minimum atomic E-state index is -3.74. The molecule has 114 valence electrons. The van der Waals surface area contributed by atoms with Crippen LogP contribution in [0, 0.1) is 27.4 Å². The van der Waals surface area contributed by atoms with Gasteiger partial charge in [-0.05, 0) is 20.8 Å². The molecule has 1 unspecified atom stereocenters. The van der Waals surface area contributed by atoms with Gasteiger partial charge >= 0.3 is 0 Å². The van der Waals surface area contributed by atoms with Crippen molar-refractivity contribution < 1.29 is 17.5 Å². The van der Waals surface area contributed by atoms with Crippen LogP contribution in [0.5, 0.6) is 0 Å². The van der Waals surface area contributed by atoms with Gasteiger partial charge in [0, 0.05) is 23.1 Å². The largest absolute Gasteiger partial charge is 0.269 e. The topological polar surface area (TPSA) is 86.5 Å². The van der Waals surface area contributed by atoms with Gasteiger partial charge in [-0.25, -0.2) is 4.18 Å². The molecule has 1 aromatic carbocycles. The van der Waals surface area contributed by atoms with Gasteiger partial charge in [-0.3, -0.25) is 10.1 Å². The fourth-order valence-corrected chi connectivity index (χ4v) is 1.93. The molecule has 0 N–H and O–H groups in total. The molecule has 1 rings (SSSR count). The molecule has 0 fully saturated rings. The molecular formula is C14H17NO5S. The van der Waals surface area contributed by atoms with Gasteiger partial charge in [0.1, 0.15) is 0 Å². The Kier molecular flexibility index (Phi) is 5.10. The maximum absolute atomic E-state index is 11.3. The highest BCUT2D eigenvalue weighted by molar-refractivity contribution is 7.86. The molecular weight excluding hydrogens is 294 g/mol. The Morgan fingerprint density at radius 3 is 2.43 bits per heavy atom. The third-order valence-corrected chi connectivity index (χ3v) is 2.78. The van der Waals surface area contributed by atoms with E-state index in [0.29, 0.717) is 5.56 Å². The molecule has 0 amide bonds. The van der Waals surface area contributed by atoms with E-state index in [9.17, 15) is 18.5 Å². The molecule has 0 spiro atoms. The second kappa shape index (κ2) is 6.24. The van der Waals surface area contributed by atoms with Crippen molar-refractivity contribution in [3.63, 3.8) is 0 Å². The molecule has 1 aromatic rings. The van der Waals surface area contributed by atoms with E-state index in [1.807, 2.05) is 20.8 Å². The molecule has 0 saturated carbocycles. The number of non-ortho nitro benzene ring substituents is 1. The summed E-state index contributed by atoms with van der Waals surface area (Å²) in [6.45, 7) is 5.60. The highest BCUT2D eigenvalue weighted by atomic mass is 32.2. The minimum Gasteiger partial charge on any atom is -0.258 e. The average Bonchev–Trinajstić information content (AvgIpc) is 2.32. The van der Waals surface area contributed by atoms with Crippen molar-refractivity contribution in [2.75, 3.05) is 6.26 Å². The van der Waals surface area contributed by atoms with Crippen LogP contribution in [0.15, 0.2) is 24.3 Å². The number of rotatable bonds is 4. The monoisotopic (exact) mass is 311 g/mol. The first-order chi connectivity index (χ1) is 9.48. The lowest BCUT2D eigenvalue weighted by atomic mass is 9.97. The lowest BCUT2D eigenvalue weighted by Gasteiger charge is -2.13. The summed E-state index contributed by atoms with van der Waals surface area (Å²) >= 11 is 0. The van der Waals surface area contributed by atoms with Crippen LogP contribution in [0.1, 0.15) is 32.4 Å². The Hall–Kier alpha value is -1.91. The van der Waals surface area contributed by atoms with Crippen molar-refractivity contribution in [2.45, 2.75) is 26.9 Å². The number of nitro groups is 1. The Bertz CT molecular complexity index is 692. The number of nitro benzene ring substituents is 1. The normalized spacial score (nSPS) is 13.1. The molecule has 21 heavy (non-hydrogen) atoms. The van der Waals surface area contributed by atoms with Crippen LogP contribution in [0.25, 0.3) is 0 Å². The summed E-state index contributed by atoms with van der Waals surface area (Å²) < 4.78 is 27.6. The first-order valence-electron chi connectivity index (χ1n) is 6.13. The summed E-state index contributed by atoms with van der Waals surface area (Å²) in [7, 11) is -3.74. The second-order valence-corrected chi connectivity index (χ2v) is 7.15. The van der Waals surface area contributed by atoms with Crippen molar-refractivity contribution in [1.82, 2.24) is 0 Å². The average molecular weight is 311 g/mol. The van der Waals surface area contributed by atoms with E-state index >= 15 is 0 Å². The first kappa shape index (κ1) is 17.1. The Morgan fingerprint density at radius 1 is 1.33 bits per heavy atom. The predicted molar refractivity (Wildman–Crippen MR) is 79.0 cm³/mol. The SMILES string of the molecule is CC(C)(C)C#CC(OS(C)(=O)=O)c1cccc([N+](=O)[O-])c1. The summed E-state index contributed by atoms with van der Waals surface area (Å²) in [4.78, 5) is 10.2. The molecule has 0 aliphatic carbocycles. The number of hydrogen-bond acceptors (Lipinski definition) is 5. The standard InChI is InChI=1S/C14H17NO5S/c1-14(2,3)9-8-13(20-21(4,18)19)11-6-5-7-12(10-11)15(16)17/h5-7,10,13H,1-4H3. The summed E-state index contributed by atoms with van der Waals surface area (Å²) in [6, 6.07) is 5.58. The van der Waals surface area contributed by atoms with E-state index in [-0.39, 0.29) is 11.1 Å². The molecule has 0 saturated heterocycles. The molecule has 0 heterocycles. The number of hydrogen-bond donors (Lipinski definition) is 0. The lowest BCUT2D eigenvalue weighted by molar-refractivity contribution is -0.385. The Morgan fingerprint density at radius 2 is 1.95 bits per heavy atom. The molecule has 0 aliphatic heterocycles. The van der Waals surface area contributed by atoms with Crippen LogP contribution in [-0.2, 0) is 14.3 Å². The van der Waals surface area contributed by atoms with E-state index in [1.54, 1.807) is 6.07 Å². The summed E-state index contributed by atoms with van der Waals surface area (Å²) in [5.74, 6) is 5.61. The second-order valence-electron chi connectivity index (χ2n) is 5.55. The molecule has 0 aliphatic rings. The van der Waals surface area contributed by atoms with Gasteiger partial charge in [-0.15, -0.1) is 0 Å². The van der Waals surface area contributed by atoms with Gasteiger partial charge < -0.3 is 0 Å². The van der Waals surface area contributed by atoms with Crippen LogP contribution in [0.2, 0.25) is 0 Å². The number of nitrogens with zero attached hydrogens (tertiary/aromatic N) is 1. The van der Waals surface area contributed by atoms with Gasteiger partial charge in [-0.2, -0.15) is 8.42 Å². The zero-order chi connectivity index (χ0) is 16.3. The zero-order valence-corrected chi connectivity index (χ0v) is 13.1. The first-order valence-corrected chi connectivity index (χ1v) is 7.95. The van der Waals surface area contributed by atoms with Gasteiger partial charge in [0.2, 0.25) is 0 Å².